The van der Waals surface area contributed by atoms with Crippen molar-refractivity contribution in [1.82, 2.24) is 5.32 Å². The molecule has 0 radical (unpaired) electrons. The minimum absolute atomic E-state index is 0.0449. The average Bonchev–Trinajstić information content (AvgIpc) is 2.15. The third-order valence-corrected chi connectivity index (χ3v) is 2.15. The van der Waals surface area contributed by atoms with Gasteiger partial charge in [0.2, 0.25) is 0 Å². The van der Waals surface area contributed by atoms with Crippen molar-refractivity contribution in [3.8, 4) is 0 Å². The molecule has 0 rings (SSSR count). The number of hydrogen-bond acceptors (Lipinski definition) is 3. The molecule has 3 amide bonds. The van der Waals surface area contributed by atoms with E-state index in [0.717, 1.165) is 12.0 Å². The SMILES string of the molecule is C=C(C)C(CC=C(C)C)COC(=O)NC(N)=O. The second-order valence-corrected chi connectivity index (χ2v) is 4.15. The van der Waals surface area contributed by atoms with Crippen LogP contribution in [0.5, 0.6) is 0 Å². The predicted molar refractivity (Wildman–Crippen MR) is 66.4 cm³/mol. The quantitative estimate of drug-likeness (QED) is 0.724. The molecule has 0 aromatic rings. The van der Waals surface area contributed by atoms with Crippen LogP contribution in [0.15, 0.2) is 23.8 Å². The Kier molecular flexibility index (Phi) is 6.70. The fraction of sp³-hybridized carbons (Fsp3) is 0.500. The highest BCUT2D eigenvalue weighted by atomic mass is 16.5. The van der Waals surface area contributed by atoms with Gasteiger partial charge >= 0.3 is 12.1 Å². The summed E-state index contributed by atoms with van der Waals surface area (Å²) in [5.74, 6) is 0.0449. The molecule has 0 aliphatic heterocycles. The van der Waals surface area contributed by atoms with Crippen LogP contribution in [-0.4, -0.2) is 18.7 Å². The van der Waals surface area contributed by atoms with E-state index in [1.807, 2.05) is 26.1 Å². The first-order valence-corrected chi connectivity index (χ1v) is 5.35. The number of ether oxygens (including phenoxy) is 1. The van der Waals surface area contributed by atoms with Crippen molar-refractivity contribution < 1.29 is 14.3 Å². The number of amides is 3. The molecule has 17 heavy (non-hydrogen) atoms. The van der Waals surface area contributed by atoms with Gasteiger partial charge in [-0.15, -0.1) is 0 Å². The monoisotopic (exact) mass is 240 g/mol. The van der Waals surface area contributed by atoms with E-state index in [9.17, 15) is 9.59 Å². The van der Waals surface area contributed by atoms with Gasteiger partial charge in [0.05, 0.1) is 6.61 Å². The molecular formula is C12H20N2O3. The van der Waals surface area contributed by atoms with E-state index in [1.165, 1.54) is 5.57 Å². The zero-order valence-electron chi connectivity index (χ0n) is 10.6. The molecule has 0 aromatic heterocycles. The molecule has 3 N–H and O–H groups in total. The Labute approximate surface area is 102 Å². The van der Waals surface area contributed by atoms with Gasteiger partial charge in [-0.2, -0.15) is 0 Å². The Morgan fingerprint density at radius 1 is 1.41 bits per heavy atom. The van der Waals surface area contributed by atoms with E-state index in [-0.39, 0.29) is 12.5 Å². The molecule has 0 saturated heterocycles. The number of carbonyl (C=O) groups is 2. The number of nitrogens with two attached hydrogens (primary N) is 1. The van der Waals surface area contributed by atoms with Crippen molar-refractivity contribution in [2.24, 2.45) is 11.7 Å². The van der Waals surface area contributed by atoms with Crippen molar-refractivity contribution in [2.45, 2.75) is 27.2 Å². The molecule has 96 valence electrons. The van der Waals surface area contributed by atoms with Crippen LogP contribution >= 0.6 is 0 Å². The smallest absolute Gasteiger partial charge is 0.415 e. The minimum atomic E-state index is -0.925. The number of alkyl carbamates (subject to hydrolysis) is 1. The minimum Gasteiger partial charge on any atom is -0.449 e. The van der Waals surface area contributed by atoms with E-state index in [0.29, 0.717) is 0 Å². The van der Waals surface area contributed by atoms with E-state index in [4.69, 9.17) is 10.5 Å². The first-order chi connectivity index (χ1) is 7.82. The fourth-order valence-corrected chi connectivity index (χ4v) is 1.10. The molecular weight excluding hydrogens is 220 g/mol. The summed E-state index contributed by atoms with van der Waals surface area (Å²) in [7, 11) is 0. The molecule has 5 nitrogen and oxygen atoms in total. The first-order valence-electron chi connectivity index (χ1n) is 5.35. The third-order valence-electron chi connectivity index (χ3n) is 2.15. The Balaban J connectivity index is 4.18. The summed E-state index contributed by atoms with van der Waals surface area (Å²) in [6.45, 7) is 9.88. The van der Waals surface area contributed by atoms with Crippen molar-refractivity contribution in [3.05, 3.63) is 23.8 Å². The zero-order chi connectivity index (χ0) is 13.4. The largest absolute Gasteiger partial charge is 0.449 e. The molecule has 0 aliphatic carbocycles. The molecule has 0 heterocycles. The lowest BCUT2D eigenvalue weighted by atomic mass is 9.98. The van der Waals surface area contributed by atoms with Gasteiger partial charge in [0.1, 0.15) is 0 Å². The lowest BCUT2D eigenvalue weighted by Crippen LogP contribution is -2.36. The van der Waals surface area contributed by atoms with E-state index >= 15 is 0 Å². The summed E-state index contributed by atoms with van der Waals surface area (Å²) in [5, 5.41) is 1.83. The number of primary amides is 1. The highest BCUT2D eigenvalue weighted by molar-refractivity contribution is 5.89. The molecule has 5 heteroatoms. The summed E-state index contributed by atoms with van der Waals surface area (Å²) in [5.41, 5.74) is 6.90. The lowest BCUT2D eigenvalue weighted by molar-refractivity contribution is 0.135. The number of imide groups is 1. The molecule has 0 saturated carbocycles. The van der Waals surface area contributed by atoms with Gasteiger partial charge in [0.15, 0.2) is 0 Å². The molecule has 0 spiro atoms. The van der Waals surface area contributed by atoms with Crippen LogP contribution in [0.4, 0.5) is 9.59 Å². The van der Waals surface area contributed by atoms with Gasteiger partial charge < -0.3 is 10.5 Å². The summed E-state index contributed by atoms with van der Waals surface area (Å²) >= 11 is 0. The van der Waals surface area contributed by atoms with Gasteiger partial charge in [-0.1, -0.05) is 23.8 Å². The second-order valence-electron chi connectivity index (χ2n) is 4.15. The van der Waals surface area contributed by atoms with Crippen LogP contribution in [0.25, 0.3) is 0 Å². The highest BCUT2D eigenvalue weighted by Crippen LogP contribution is 2.15. The molecule has 1 atom stereocenters. The van der Waals surface area contributed by atoms with Crippen molar-refractivity contribution in [2.75, 3.05) is 6.61 Å². The Hall–Kier alpha value is -1.78. The van der Waals surface area contributed by atoms with Crippen LogP contribution in [-0.2, 0) is 4.74 Å². The van der Waals surface area contributed by atoms with E-state index in [1.54, 1.807) is 0 Å². The fourth-order valence-electron chi connectivity index (χ4n) is 1.10. The Morgan fingerprint density at radius 2 is 2.00 bits per heavy atom. The Bertz CT molecular complexity index is 331. The van der Waals surface area contributed by atoms with Crippen molar-refractivity contribution in [1.29, 1.82) is 0 Å². The van der Waals surface area contributed by atoms with Crippen molar-refractivity contribution in [3.63, 3.8) is 0 Å². The maximum absolute atomic E-state index is 11.0. The van der Waals surface area contributed by atoms with Crippen LogP contribution in [0.2, 0.25) is 0 Å². The van der Waals surface area contributed by atoms with E-state index < -0.39 is 12.1 Å². The van der Waals surface area contributed by atoms with Crippen molar-refractivity contribution >= 4 is 12.1 Å². The number of nitrogens with one attached hydrogen (secondary N) is 1. The van der Waals surface area contributed by atoms with Crippen LogP contribution < -0.4 is 11.1 Å². The van der Waals surface area contributed by atoms with Crippen LogP contribution in [0, 0.1) is 5.92 Å². The summed E-state index contributed by atoms with van der Waals surface area (Å²) in [6.07, 6.45) is 1.97. The van der Waals surface area contributed by atoms with E-state index in [2.05, 4.69) is 12.7 Å². The standard InChI is InChI=1S/C12H20N2O3/c1-8(2)5-6-10(9(3)4)7-17-12(16)14-11(13)15/h5,10H,3,6-7H2,1-2,4H3,(H3,13,14,15,16). The maximum atomic E-state index is 11.0. The number of carbonyl (C=O) groups excluding carboxylic acids is 2. The topological polar surface area (TPSA) is 81.4 Å². The predicted octanol–water partition coefficient (Wildman–Crippen LogP) is 2.34. The molecule has 0 fully saturated rings. The average molecular weight is 240 g/mol. The molecule has 0 aromatic carbocycles. The van der Waals surface area contributed by atoms with Gasteiger partial charge in [-0.3, -0.25) is 0 Å². The van der Waals surface area contributed by atoms with Gasteiger partial charge in [-0.25, -0.2) is 14.9 Å². The van der Waals surface area contributed by atoms with Gasteiger partial charge in [-0.05, 0) is 27.2 Å². The molecule has 0 bridgehead atoms. The first kappa shape index (κ1) is 15.2. The van der Waals surface area contributed by atoms with Gasteiger partial charge in [0.25, 0.3) is 0 Å². The summed E-state index contributed by atoms with van der Waals surface area (Å²) < 4.78 is 4.87. The normalized spacial score (nSPS) is 11.2. The number of rotatable bonds is 5. The second kappa shape index (κ2) is 7.49. The zero-order valence-corrected chi connectivity index (χ0v) is 10.6. The molecule has 0 aliphatic rings. The number of hydrogen-bond donors (Lipinski definition) is 2. The summed E-state index contributed by atoms with van der Waals surface area (Å²) in [4.78, 5) is 21.4. The molecule has 1 unspecified atom stereocenters. The van der Waals surface area contributed by atoms with Crippen LogP contribution in [0.3, 0.4) is 0 Å². The third kappa shape index (κ3) is 8.07. The maximum Gasteiger partial charge on any atom is 0.415 e. The Morgan fingerprint density at radius 3 is 2.41 bits per heavy atom. The lowest BCUT2D eigenvalue weighted by Gasteiger charge is -2.15. The number of allylic oxidation sites excluding steroid dienone is 2. The van der Waals surface area contributed by atoms with Crippen LogP contribution in [0.1, 0.15) is 27.2 Å². The summed E-state index contributed by atoms with van der Waals surface area (Å²) in [6, 6.07) is -0.925. The van der Waals surface area contributed by atoms with Gasteiger partial charge in [0, 0.05) is 5.92 Å². The highest BCUT2D eigenvalue weighted by Gasteiger charge is 2.12. The number of urea groups is 1.